The maximum Gasteiger partial charge on any atom is 0.165 e. The van der Waals surface area contributed by atoms with Crippen molar-refractivity contribution in [3.8, 4) is 0 Å². The topological polar surface area (TPSA) is 64.9 Å². The Balaban J connectivity index is 1.61. The van der Waals surface area contributed by atoms with Crippen molar-refractivity contribution in [2.45, 2.75) is 44.2 Å². The zero-order valence-electron chi connectivity index (χ0n) is 12.0. The summed E-state index contributed by atoms with van der Waals surface area (Å²) in [5, 5.41) is 3.44. The molecule has 0 amide bonds. The molecule has 2 aromatic heterocycles. The summed E-state index contributed by atoms with van der Waals surface area (Å²) in [5.41, 5.74) is 1.83. The average molecular weight is 286 g/mol. The lowest BCUT2D eigenvalue weighted by Crippen LogP contribution is -2.08. The lowest BCUT2D eigenvalue weighted by Gasteiger charge is -2.13. The largest absolute Gasteiger partial charge is 0.379 e. The number of anilines is 1. The first kappa shape index (κ1) is 13.0. The van der Waals surface area contributed by atoms with Crippen molar-refractivity contribution in [2.24, 2.45) is 5.92 Å². The summed E-state index contributed by atoms with van der Waals surface area (Å²) in [5.74, 6) is 1.47. The van der Waals surface area contributed by atoms with Crippen LogP contribution in [0.3, 0.4) is 0 Å². The van der Waals surface area contributed by atoms with Crippen molar-refractivity contribution in [3.63, 3.8) is 0 Å². The van der Waals surface area contributed by atoms with Crippen molar-refractivity contribution < 1.29 is 4.74 Å². The lowest BCUT2D eigenvalue weighted by molar-refractivity contribution is 0.188. The van der Waals surface area contributed by atoms with E-state index < -0.39 is 0 Å². The quantitative estimate of drug-likeness (QED) is 0.915. The molecule has 111 valence electrons. The molecule has 2 atom stereocenters. The number of rotatable bonds is 5. The van der Waals surface area contributed by atoms with Crippen LogP contribution in [-0.4, -0.2) is 32.2 Å². The highest BCUT2D eigenvalue weighted by molar-refractivity contribution is 5.83. The molecule has 1 radical (unpaired) electrons. The number of hydrogen-bond acceptors (Lipinski definition) is 5. The first-order valence-corrected chi connectivity index (χ1v) is 7.66. The van der Waals surface area contributed by atoms with E-state index in [1.54, 1.807) is 6.33 Å². The van der Waals surface area contributed by atoms with Gasteiger partial charge in [-0.05, 0) is 38.0 Å². The third-order valence-electron chi connectivity index (χ3n) is 4.54. The van der Waals surface area contributed by atoms with E-state index in [0.29, 0.717) is 18.0 Å². The first-order chi connectivity index (χ1) is 10.3. The Labute approximate surface area is 123 Å². The molecule has 2 aromatic rings. The van der Waals surface area contributed by atoms with Gasteiger partial charge in [0, 0.05) is 18.7 Å². The number of ether oxygens (including phenoxy) is 1. The maximum atomic E-state index is 5.04. The van der Waals surface area contributed by atoms with Crippen LogP contribution in [0.4, 0.5) is 5.82 Å². The van der Waals surface area contributed by atoms with Gasteiger partial charge in [-0.25, -0.2) is 15.0 Å². The van der Waals surface area contributed by atoms with Crippen LogP contribution in [0.5, 0.6) is 0 Å². The molecule has 0 aromatic carbocycles. The van der Waals surface area contributed by atoms with Gasteiger partial charge in [-0.3, -0.25) is 0 Å². The number of hydrogen-bond donors (Lipinski definition) is 1. The van der Waals surface area contributed by atoms with E-state index in [9.17, 15) is 0 Å². The Morgan fingerprint density at radius 1 is 1.24 bits per heavy atom. The first-order valence-electron chi connectivity index (χ1n) is 7.66. The van der Waals surface area contributed by atoms with Gasteiger partial charge >= 0.3 is 0 Å². The van der Waals surface area contributed by atoms with Crippen molar-refractivity contribution in [1.82, 2.24) is 19.5 Å². The van der Waals surface area contributed by atoms with Crippen molar-refractivity contribution in [3.05, 3.63) is 19.8 Å². The molecule has 2 saturated carbocycles. The summed E-state index contributed by atoms with van der Waals surface area (Å²) < 4.78 is 7.24. The van der Waals surface area contributed by atoms with E-state index >= 15 is 0 Å². The summed E-state index contributed by atoms with van der Waals surface area (Å²) in [7, 11) is 3.48. The third-order valence-corrected chi connectivity index (χ3v) is 4.54. The fourth-order valence-corrected chi connectivity index (χ4v) is 3.27. The zero-order valence-corrected chi connectivity index (χ0v) is 12.0. The van der Waals surface area contributed by atoms with Gasteiger partial charge in [0.1, 0.15) is 11.8 Å². The van der Waals surface area contributed by atoms with Gasteiger partial charge in [0.25, 0.3) is 0 Å². The highest BCUT2D eigenvalue weighted by atomic mass is 16.5. The van der Waals surface area contributed by atoms with Gasteiger partial charge in [0.05, 0.1) is 13.4 Å². The second-order valence-electron chi connectivity index (χ2n) is 6.17. The van der Waals surface area contributed by atoms with Crippen molar-refractivity contribution in [2.75, 3.05) is 11.9 Å². The SMILES string of the molecule is [CH2]OCC1CCC(n2cnc3c(NC4CC4)ncnc32)C1. The minimum Gasteiger partial charge on any atom is -0.379 e. The van der Waals surface area contributed by atoms with Gasteiger partial charge < -0.3 is 14.6 Å². The number of aromatic nitrogens is 4. The van der Waals surface area contributed by atoms with Crippen molar-refractivity contribution >= 4 is 17.0 Å². The molecule has 0 bridgehead atoms. The molecular formula is C15H20N5O. The van der Waals surface area contributed by atoms with Gasteiger partial charge in [0.15, 0.2) is 11.5 Å². The lowest BCUT2D eigenvalue weighted by atomic mass is 10.1. The molecule has 6 nitrogen and oxygen atoms in total. The maximum absolute atomic E-state index is 5.04. The fourth-order valence-electron chi connectivity index (χ4n) is 3.27. The molecule has 0 spiro atoms. The molecular weight excluding hydrogens is 266 g/mol. The van der Waals surface area contributed by atoms with Crippen LogP contribution in [0.1, 0.15) is 38.1 Å². The summed E-state index contributed by atoms with van der Waals surface area (Å²) >= 11 is 0. The summed E-state index contributed by atoms with van der Waals surface area (Å²) in [6, 6.07) is 1.03. The molecule has 2 unspecified atom stereocenters. The van der Waals surface area contributed by atoms with E-state index in [-0.39, 0.29) is 0 Å². The van der Waals surface area contributed by atoms with Crippen molar-refractivity contribution in [1.29, 1.82) is 0 Å². The summed E-state index contributed by atoms with van der Waals surface area (Å²) in [6.45, 7) is 0.743. The molecule has 2 heterocycles. The van der Waals surface area contributed by atoms with Crippen LogP contribution < -0.4 is 5.32 Å². The smallest absolute Gasteiger partial charge is 0.165 e. The molecule has 4 rings (SSSR count). The van der Waals surface area contributed by atoms with E-state index in [0.717, 1.165) is 36.4 Å². The van der Waals surface area contributed by atoms with Gasteiger partial charge in [0.2, 0.25) is 0 Å². The van der Waals surface area contributed by atoms with E-state index in [1.165, 1.54) is 19.3 Å². The highest BCUT2D eigenvalue weighted by Gasteiger charge is 2.28. The number of nitrogens with zero attached hydrogens (tertiary/aromatic N) is 4. The highest BCUT2D eigenvalue weighted by Crippen LogP contribution is 2.36. The van der Waals surface area contributed by atoms with E-state index in [1.807, 2.05) is 6.33 Å². The van der Waals surface area contributed by atoms with E-state index in [4.69, 9.17) is 4.74 Å². The second-order valence-corrected chi connectivity index (χ2v) is 6.17. The van der Waals surface area contributed by atoms with E-state index in [2.05, 4.69) is 31.9 Å². The molecule has 1 N–H and O–H groups in total. The Morgan fingerprint density at radius 3 is 2.95 bits per heavy atom. The average Bonchev–Trinajstić information content (AvgIpc) is 3.01. The number of imidazole rings is 1. The minimum atomic E-state index is 0.457. The minimum absolute atomic E-state index is 0.457. The second kappa shape index (κ2) is 5.26. The standard InChI is InChI=1S/C15H20N5O/c1-21-7-10-2-5-12(6-10)20-9-18-13-14(19-11-3-4-11)16-8-17-15(13)20/h8-12H,1-7H2,(H,16,17,19). The molecule has 2 aliphatic rings. The van der Waals surface area contributed by atoms with Crippen LogP contribution in [0.2, 0.25) is 0 Å². The Hall–Kier alpha value is -1.69. The third kappa shape index (κ3) is 2.48. The van der Waals surface area contributed by atoms with Crippen LogP contribution in [0.15, 0.2) is 12.7 Å². The van der Waals surface area contributed by atoms with Gasteiger partial charge in [-0.2, -0.15) is 0 Å². The van der Waals surface area contributed by atoms with Crippen LogP contribution >= 0.6 is 0 Å². The zero-order chi connectivity index (χ0) is 14.2. The molecule has 21 heavy (non-hydrogen) atoms. The molecule has 0 aliphatic heterocycles. The monoisotopic (exact) mass is 286 g/mol. The number of nitrogens with one attached hydrogen (secondary N) is 1. The molecule has 2 aliphatic carbocycles. The Kier molecular flexibility index (Phi) is 3.25. The van der Waals surface area contributed by atoms with Crippen LogP contribution in [-0.2, 0) is 4.74 Å². The fraction of sp³-hybridized carbons (Fsp3) is 0.600. The molecule has 2 fully saturated rings. The predicted octanol–water partition coefficient (Wildman–Crippen LogP) is 2.55. The summed E-state index contributed by atoms with van der Waals surface area (Å²) in [4.78, 5) is 13.3. The van der Waals surface area contributed by atoms with Crippen LogP contribution in [0.25, 0.3) is 11.2 Å². The normalized spacial score (nSPS) is 25.6. The number of fused-ring (bicyclic) bond motifs is 1. The van der Waals surface area contributed by atoms with Crippen LogP contribution in [0, 0.1) is 13.0 Å². The molecule has 6 heteroatoms. The van der Waals surface area contributed by atoms with Gasteiger partial charge in [-0.15, -0.1) is 0 Å². The predicted molar refractivity (Wildman–Crippen MR) is 79.7 cm³/mol. The van der Waals surface area contributed by atoms with Gasteiger partial charge in [-0.1, -0.05) is 0 Å². The molecule has 0 saturated heterocycles. The Bertz CT molecular complexity index is 636. The summed E-state index contributed by atoms with van der Waals surface area (Å²) in [6.07, 6.45) is 9.43. The Morgan fingerprint density at radius 2 is 2.14 bits per heavy atom.